The van der Waals surface area contributed by atoms with E-state index in [1.54, 1.807) is 0 Å². The number of likely N-dealkylation sites (tertiary alicyclic amines) is 1. The SMILES string of the molecule is CC1CCCN(C(=O)C2CCN(c3ccnc4cc(Br)cnc34)CC2)C1. The van der Waals surface area contributed by atoms with Gasteiger partial charge in [-0.1, -0.05) is 6.92 Å². The van der Waals surface area contributed by atoms with Crippen molar-refractivity contribution in [2.45, 2.75) is 32.6 Å². The van der Waals surface area contributed by atoms with Gasteiger partial charge in [-0.25, -0.2) is 0 Å². The summed E-state index contributed by atoms with van der Waals surface area (Å²) in [4.78, 5) is 26.3. The van der Waals surface area contributed by atoms with Crippen molar-refractivity contribution in [2.75, 3.05) is 31.1 Å². The van der Waals surface area contributed by atoms with Crippen molar-refractivity contribution in [3.05, 3.63) is 29.0 Å². The molecule has 0 N–H and O–H groups in total. The van der Waals surface area contributed by atoms with Crippen LogP contribution in [-0.2, 0) is 4.79 Å². The van der Waals surface area contributed by atoms with Crippen LogP contribution >= 0.6 is 15.9 Å². The average Bonchev–Trinajstić information content (AvgIpc) is 2.67. The highest BCUT2D eigenvalue weighted by Crippen LogP contribution is 2.30. The average molecular weight is 417 g/mol. The lowest BCUT2D eigenvalue weighted by Crippen LogP contribution is -2.46. The van der Waals surface area contributed by atoms with Gasteiger partial charge in [0.25, 0.3) is 0 Å². The summed E-state index contributed by atoms with van der Waals surface area (Å²) in [5.41, 5.74) is 2.96. The second-order valence-corrected chi connectivity index (χ2v) is 8.56. The molecule has 2 saturated heterocycles. The number of anilines is 1. The first-order chi connectivity index (χ1) is 12.6. The van der Waals surface area contributed by atoms with Crippen LogP contribution in [0.5, 0.6) is 0 Å². The van der Waals surface area contributed by atoms with Gasteiger partial charge in [-0.2, -0.15) is 0 Å². The summed E-state index contributed by atoms with van der Waals surface area (Å²) < 4.78 is 0.940. The smallest absolute Gasteiger partial charge is 0.225 e. The third-order valence-electron chi connectivity index (χ3n) is 5.68. The van der Waals surface area contributed by atoms with Crippen LogP contribution in [0, 0.1) is 11.8 Å². The normalized spacial score (nSPS) is 22.0. The van der Waals surface area contributed by atoms with Crippen molar-refractivity contribution in [3.8, 4) is 0 Å². The molecule has 2 aromatic heterocycles. The lowest BCUT2D eigenvalue weighted by Gasteiger charge is -2.38. The lowest BCUT2D eigenvalue weighted by atomic mass is 9.92. The van der Waals surface area contributed by atoms with Crippen LogP contribution in [0.1, 0.15) is 32.6 Å². The molecule has 4 heterocycles. The molecule has 0 radical (unpaired) electrons. The Morgan fingerprint density at radius 1 is 1.19 bits per heavy atom. The molecule has 0 spiro atoms. The Balaban J connectivity index is 1.45. The number of amides is 1. The fourth-order valence-electron chi connectivity index (χ4n) is 4.26. The first-order valence-corrected chi connectivity index (χ1v) is 10.3. The van der Waals surface area contributed by atoms with Gasteiger partial charge in [0.15, 0.2) is 0 Å². The van der Waals surface area contributed by atoms with Crippen molar-refractivity contribution < 1.29 is 4.79 Å². The summed E-state index contributed by atoms with van der Waals surface area (Å²) >= 11 is 3.46. The number of fused-ring (bicyclic) bond motifs is 1. The van der Waals surface area contributed by atoms with Crippen molar-refractivity contribution in [2.24, 2.45) is 11.8 Å². The second kappa shape index (κ2) is 7.51. The van der Waals surface area contributed by atoms with E-state index < -0.39 is 0 Å². The van der Waals surface area contributed by atoms with E-state index in [0.29, 0.717) is 11.8 Å². The summed E-state index contributed by atoms with van der Waals surface area (Å²) in [6, 6.07) is 4.04. The topological polar surface area (TPSA) is 49.3 Å². The van der Waals surface area contributed by atoms with Crippen molar-refractivity contribution >= 4 is 38.6 Å². The molecule has 2 fully saturated rings. The molecule has 4 rings (SSSR count). The number of carbonyl (C=O) groups excluding carboxylic acids is 1. The van der Waals surface area contributed by atoms with Crippen LogP contribution < -0.4 is 4.90 Å². The number of aromatic nitrogens is 2. The molecule has 5 nitrogen and oxygen atoms in total. The summed E-state index contributed by atoms with van der Waals surface area (Å²) in [5, 5.41) is 0. The Hall–Kier alpha value is -1.69. The molecule has 0 bridgehead atoms. The second-order valence-electron chi connectivity index (χ2n) is 7.64. The van der Waals surface area contributed by atoms with Crippen LogP contribution in [0.25, 0.3) is 11.0 Å². The third kappa shape index (κ3) is 3.56. The standard InChI is InChI=1S/C20H25BrN4O/c1-14-3-2-8-25(13-14)20(26)15-5-9-24(10-6-15)18-4-7-22-17-11-16(21)12-23-19(17)18/h4,7,11-12,14-15H,2-3,5-6,8-10,13H2,1H3. The van der Waals surface area contributed by atoms with E-state index in [9.17, 15) is 4.79 Å². The van der Waals surface area contributed by atoms with Crippen LogP contribution in [0.15, 0.2) is 29.0 Å². The summed E-state index contributed by atoms with van der Waals surface area (Å²) in [5.74, 6) is 1.19. The van der Waals surface area contributed by atoms with E-state index in [4.69, 9.17) is 0 Å². The van der Waals surface area contributed by atoms with E-state index >= 15 is 0 Å². The Morgan fingerprint density at radius 2 is 2.00 bits per heavy atom. The van der Waals surface area contributed by atoms with E-state index in [0.717, 1.165) is 66.6 Å². The molecule has 1 unspecified atom stereocenters. The number of halogens is 1. The van der Waals surface area contributed by atoms with Crippen LogP contribution in [0.4, 0.5) is 5.69 Å². The summed E-state index contributed by atoms with van der Waals surface area (Å²) in [6.07, 6.45) is 7.91. The molecule has 1 amide bonds. The predicted molar refractivity (Wildman–Crippen MR) is 107 cm³/mol. The zero-order valence-corrected chi connectivity index (χ0v) is 16.8. The molecule has 26 heavy (non-hydrogen) atoms. The molecular weight excluding hydrogens is 392 g/mol. The van der Waals surface area contributed by atoms with E-state index in [-0.39, 0.29) is 5.92 Å². The van der Waals surface area contributed by atoms with Gasteiger partial charge in [0.05, 0.1) is 11.2 Å². The largest absolute Gasteiger partial charge is 0.370 e. The Kier molecular flexibility index (Phi) is 5.11. The maximum atomic E-state index is 12.9. The fourth-order valence-corrected chi connectivity index (χ4v) is 4.58. The summed E-state index contributed by atoms with van der Waals surface area (Å²) in [6.45, 7) is 5.93. The van der Waals surface area contributed by atoms with Crippen molar-refractivity contribution in [1.29, 1.82) is 0 Å². The van der Waals surface area contributed by atoms with Gasteiger partial charge in [0, 0.05) is 49.0 Å². The zero-order valence-electron chi connectivity index (χ0n) is 15.2. The minimum Gasteiger partial charge on any atom is -0.370 e. The van der Waals surface area contributed by atoms with Crippen LogP contribution in [-0.4, -0.2) is 47.0 Å². The van der Waals surface area contributed by atoms with Gasteiger partial charge in [-0.05, 0) is 59.7 Å². The minimum atomic E-state index is 0.173. The first-order valence-electron chi connectivity index (χ1n) is 9.56. The third-order valence-corrected chi connectivity index (χ3v) is 6.11. The maximum Gasteiger partial charge on any atom is 0.225 e. The van der Waals surface area contributed by atoms with Crippen LogP contribution in [0.3, 0.4) is 0 Å². The Bertz CT molecular complexity index is 803. The zero-order chi connectivity index (χ0) is 18.1. The molecule has 0 saturated carbocycles. The van der Waals surface area contributed by atoms with Gasteiger partial charge in [-0.15, -0.1) is 0 Å². The lowest BCUT2D eigenvalue weighted by molar-refractivity contribution is -0.137. The number of carbonyl (C=O) groups is 1. The molecule has 2 aliphatic heterocycles. The Morgan fingerprint density at radius 3 is 2.77 bits per heavy atom. The number of rotatable bonds is 2. The molecule has 6 heteroatoms. The molecule has 2 aromatic rings. The van der Waals surface area contributed by atoms with Crippen LogP contribution in [0.2, 0.25) is 0 Å². The fraction of sp³-hybridized carbons (Fsp3) is 0.550. The van der Waals surface area contributed by atoms with Gasteiger partial charge in [0.2, 0.25) is 5.91 Å². The number of piperidine rings is 2. The number of hydrogen-bond acceptors (Lipinski definition) is 4. The minimum absolute atomic E-state index is 0.173. The molecule has 138 valence electrons. The first kappa shape index (κ1) is 17.7. The molecule has 0 aromatic carbocycles. The molecule has 2 aliphatic rings. The molecule has 0 aliphatic carbocycles. The maximum absolute atomic E-state index is 12.9. The number of nitrogens with zero attached hydrogens (tertiary/aromatic N) is 4. The van der Waals surface area contributed by atoms with Crippen molar-refractivity contribution in [3.63, 3.8) is 0 Å². The highest BCUT2D eigenvalue weighted by atomic mass is 79.9. The van der Waals surface area contributed by atoms with E-state index in [2.05, 4.69) is 42.6 Å². The van der Waals surface area contributed by atoms with E-state index in [1.807, 2.05) is 24.5 Å². The van der Waals surface area contributed by atoms with E-state index in [1.165, 1.54) is 6.42 Å². The Labute approximate surface area is 162 Å². The van der Waals surface area contributed by atoms with Gasteiger partial charge >= 0.3 is 0 Å². The number of hydrogen-bond donors (Lipinski definition) is 0. The quantitative estimate of drug-likeness (QED) is 0.745. The van der Waals surface area contributed by atoms with Crippen molar-refractivity contribution in [1.82, 2.24) is 14.9 Å². The molecular formula is C20H25BrN4O. The predicted octanol–water partition coefficient (Wildman–Crippen LogP) is 3.87. The molecule has 1 atom stereocenters. The number of pyridine rings is 2. The summed E-state index contributed by atoms with van der Waals surface area (Å²) in [7, 11) is 0. The van der Waals surface area contributed by atoms with Gasteiger partial charge in [0.1, 0.15) is 5.52 Å². The monoisotopic (exact) mass is 416 g/mol. The highest BCUT2D eigenvalue weighted by molar-refractivity contribution is 9.10. The van der Waals surface area contributed by atoms with Gasteiger partial charge in [-0.3, -0.25) is 14.8 Å². The van der Waals surface area contributed by atoms with Gasteiger partial charge < -0.3 is 9.80 Å². The highest BCUT2D eigenvalue weighted by Gasteiger charge is 2.31.